The van der Waals surface area contributed by atoms with Gasteiger partial charge in [-0.1, -0.05) is 48.5 Å². The van der Waals surface area contributed by atoms with Crippen molar-refractivity contribution in [1.82, 2.24) is 5.32 Å². The lowest BCUT2D eigenvalue weighted by molar-refractivity contribution is 0.0976. The molecule has 41 heavy (non-hydrogen) atoms. The lowest BCUT2D eigenvalue weighted by atomic mass is 10.1. The van der Waals surface area contributed by atoms with Crippen LogP contribution in [0, 0.1) is 12.3 Å². The molecule has 0 spiro atoms. The Morgan fingerprint density at radius 2 is 1.29 bits per heavy atom. The van der Waals surface area contributed by atoms with Crippen LogP contribution >= 0.6 is 0 Å². The van der Waals surface area contributed by atoms with Gasteiger partial charge in [0.15, 0.2) is 17.5 Å². The molecule has 0 heterocycles. The highest BCUT2D eigenvalue weighted by Crippen LogP contribution is 2.38. The van der Waals surface area contributed by atoms with Crippen molar-refractivity contribution in [3.8, 4) is 28.4 Å². The lowest BCUT2D eigenvalue weighted by Gasteiger charge is -2.15. The summed E-state index contributed by atoms with van der Waals surface area (Å²) in [6, 6.07) is 25.3. The van der Waals surface area contributed by atoms with E-state index in [2.05, 4.69) is 21.3 Å². The maximum Gasteiger partial charge on any atom is 0.323 e. The largest absolute Gasteiger partial charge is 0.493 e. The first-order chi connectivity index (χ1) is 19.8. The van der Waals surface area contributed by atoms with Crippen molar-refractivity contribution in [2.45, 2.75) is 6.92 Å². The molecule has 0 saturated heterocycles. The molecule has 0 atom stereocenters. The SMILES string of the molecule is COc1cc(C(=O)NC(=N)Nc2ccc(C)c(NC(=O)Nc3ccc(-c4ccccc4)cc3)c2)cc(OC)c1OC. The minimum absolute atomic E-state index is 0.214. The Bertz CT molecular complexity index is 1530. The van der Waals surface area contributed by atoms with Gasteiger partial charge in [-0.05, 0) is 60.0 Å². The number of rotatable bonds is 8. The summed E-state index contributed by atoms with van der Waals surface area (Å²) in [7, 11) is 4.37. The van der Waals surface area contributed by atoms with Crippen LogP contribution in [0.15, 0.2) is 84.9 Å². The van der Waals surface area contributed by atoms with Crippen molar-refractivity contribution in [2.75, 3.05) is 37.3 Å². The number of urea groups is 1. The predicted molar refractivity (Wildman–Crippen MR) is 161 cm³/mol. The highest BCUT2D eigenvalue weighted by molar-refractivity contribution is 6.09. The van der Waals surface area contributed by atoms with Gasteiger partial charge in [-0.15, -0.1) is 0 Å². The fourth-order valence-corrected chi connectivity index (χ4v) is 4.07. The van der Waals surface area contributed by atoms with Gasteiger partial charge in [0.2, 0.25) is 5.75 Å². The van der Waals surface area contributed by atoms with Gasteiger partial charge in [0, 0.05) is 22.6 Å². The highest BCUT2D eigenvalue weighted by Gasteiger charge is 2.18. The number of guanidine groups is 1. The summed E-state index contributed by atoms with van der Waals surface area (Å²) >= 11 is 0. The monoisotopic (exact) mass is 553 g/mol. The second-order valence-corrected chi connectivity index (χ2v) is 8.92. The summed E-state index contributed by atoms with van der Waals surface area (Å²) in [4.78, 5) is 25.5. The first-order valence-electron chi connectivity index (χ1n) is 12.6. The van der Waals surface area contributed by atoms with E-state index < -0.39 is 11.9 Å². The topological polar surface area (TPSA) is 134 Å². The lowest BCUT2D eigenvalue weighted by Crippen LogP contribution is -2.35. The summed E-state index contributed by atoms with van der Waals surface area (Å²) in [5.74, 6) is 0.173. The number of anilines is 3. The average Bonchev–Trinajstić information content (AvgIpc) is 2.98. The number of hydrogen-bond acceptors (Lipinski definition) is 6. The van der Waals surface area contributed by atoms with Gasteiger partial charge in [0.1, 0.15) is 0 Å². The minimum Gasteiger partial charge on any atom is -0.493 e. The third kappa shape index (κ3) is 7.12. The number of methoxy groups -OCH3 is 3. The number of ether oxygens (including phenoxy) is 3. The number of nitrogens with one attached hydrogen (secondary N) is 5. The summed E-state index contributed by atoms with van der Waals surface area (Å²) in [6.07, 6.45) is 0. The molecule has 0 aliphatic carbocycles. The Hall–Kier alpha value is -5.51. The van der Waals surface area contributed by atoms with Crippen molar-refractivity contribution in [3.63, 3.8) is 0 Å². The van der Waals surface area contributed by atoms with Crippen molar-refractivity contribution < 1.29 is 23.8 Å². The molecular weight excluding hydrogens is 522 g/mol. The van der Waals surface area contributed by atoms with E-state index in [9.17, 15) is 9.59 Å². The van der Waals surface area contributed by atoms with Crippen LogP contribution in [0.3, 0.4) is 0 Å². The summed E-state index contributed by atoms with van der Waals surface area (Å²) in [6.45, 7) is 1.85. The van der Waals surface area contributed by atoms with Crippen LogP contribution in [0.4, 0.5) is 21.9 Å². The molecule has 0 fully saturated rings. The molecule has 0 bridgehead atoms. The van der Waals surface area contributed by atoms with Gasteiger partial charge in [-0.2, -0.15) is 0 Å². The van der Waals surface area contributed by atoms with Crippen molar-refractivity contribution in [2.24, 2.45) is 0 Å². The van der Waals surface area contributed by atoms with E-state index in [1.165, 1.54) is 33.5 Å². The Morgan fingerprint density at radius 3 is 1.90 bits per heavy atom. The van der Waals surface area contributed by atoms with Crippen molar-refractivity contribution in [1.29, 1.82) is 5.41 Å². The van der Waals surface area contributed by atoms with Gasteiger partial charge >= 0.3 is 6.03 Å². The minimum atomic E-state index is -0.551. The summed E-state index contributed by atoms with van der Waals surface area (Å²) in [5, 5.41) is 19.2. The van der Waals surface area contributed by atoms with E-state index in [4.69, 9.17) is 19.6 Å². The molecule has 4 aromatic rings. The van der Waals surface area contributed by atoms with Crippen LogP contribution in [0.1, 0.15) is 15.9 Å². The maximum atomic E-state index is 12.8. The van der Waals surface area contributed by atoms with Gasteiger partial charge < -0.3 is 30.2 Å². The average molecular weight is 554 g/mol. The first-order valence-corrected chi connectivity index (χ1v) is 12.6. The van der Waals surface area contributed by atoms with E-state index in [1.807, 2.05) is 61.5 Å². The Balaban J connectivity index is 1.38. The molecule has 5 N–H and O–H groups in total. The molecule has 210 valence electrons. The fourth-order valence-electron chi connectivity index (χ4n) is 4.07. The van der Waals surface area contributed by atoms with Crippen LogP contribution in [-0.4, -0.2) is 39.2 Å². The normalized spacial score (nSPS) is 10.2. The van der Waals surface area contributed by atoms with Crippen molar-refractivity contribution >= 4 is 35.0 Å². The zero-order valence-corrected chi connectivity index (χ0v) is 23.1. The molecule has 4 rings (SSSR count). The number of benzene rings is 4. The molecular formula is C31H31N5O5. The number of hydrogen-bond donors (Lipinski definition) is 5. The molecule has 10 heteroatoms. The number of carbonyl (C=O) groups is 2. The third-order valence-electron chi connectivity index (χ3n) is 6.17. The molecule has 0 unspecified atom stereocenters. The molecule has 10 nitrogen and oxygen atoms in total. The highest BCUT2D eigenvalue weighted by atomic mass is 16.5. The fraction of sp³-hybridized carbons (Fsp3) is 0.129. The predicted octanol–water partition coefficient (Wildman–Crippen LogP) is 6.11. The zero-order chi connectivity index (χ0) is 29.4. The number of amides is 3. The molecule has 0 aliphatic rings. The molecule has 0 saturated carbocycles. The van der Waals surface area contributed by atoms with Crippen molar-refractivity contribution in [3.05, 3.63) is 96.1 Å². The van der Waals surface area contributed by atoms with E-state index in [-0.39, 0.29) is 11.5 Å². The second kappa shape index (κ2) is 13.0. The molecule has 3 amide bonds. The summed E-state index contributed by atoms with van der Waals surface area (Å²) in [5.41, 5.74) is 4.85. The second-order valence-electron chi connectivity index (χ2n) is 8.92. The van der Waals surface area contributed by atoms with E-state index in [1.54, 1.807) is 18.2 Å². The van der Waals surface area contributed by atoms with Gasteiger partial charge in [-0.3, -0.25) is 15.5 Å². The molecule has 0 radical (unpaired) electrons. The first kappa shape index (κ1) is 28.5. The Kier molecular flexibility index (Phi) is 9.06. The quantitative estimate of drug-likeness (QED) is 0.132. The number of aryl methyl sites for hydroxylation is 1. The van der Waals surface area contributed by atoms with E-state index >= 15 is 0 Å². The van der Waals surface area contributed by atoms with E-state index in [0.717, 1.165) is 16.7 Å². The molecule has 4 aromatic carbocycles. The Morgan fingerprint density at radius 1 is 0.683 bits per heavy atom. The Labute approximate surface area is 238 Å². The third-order valence-corrected chi connectivity index (χ3v) is 6.17. The van der Waals surface area contributed by atoms with Crippen LogP contribution in [-0.2, 0) is 0 Å². The van der Waals surface area contributed by atoms with Gasteiger partial charge in [0.05, 0.1) is 21.3 Å². The van der Waals surface area contributed by atoms with Crippen LogP contribution < -0.4 is 35.5 Å². The molecule has 0 aliphatic heterocycles. The van der Waals surface area contributed by atoms with Gasteiger partial charge in [0.25, 0.3) is 5.91 Å². The maximum absolute atomic E-state index is 12.8. The van der Waals surface area contributed by atoms with Crippen LogP contribution in [0.25, 0.3) is 11.1 Å². The summed E-state index contributed by atoms with van der Waals surface area (Å²) < 4.78 is 15.9. The zero-order valence-electron chi connectivity index (χ0n) is 23.1. The number of carbonyl (C=O) groups excluding carboxylic acids is 2. The molecule has 0 aromatic heterocycles. The van der Waals surface area contributed by atoms with Crippen LogP contribution in [0.5, 0.6) is 17.2 Å². The standard InChI is InChI=1S/C31H31N5O5/c1-19-10-13-24(33-30(32)36-29(37)22-16-26(39-2)28(41-4)27(17-22)40-3)18-25(19)35-31(38)34-23-14-11-21(12-15-23)20-8-6-5-7-9-20/h5-18H,1-4H3,(H2,34,35,38)(H3,32,33,36,37). The van der Waals surface area contributed by atoms with Crippen LogP contribution in [0.2, 0.25) is 0 Å². The van der Waals surface area contributed by atoms with Gasteiger partial charge in [-0.25, -0.2) is 4.79 Å². The smallest absolute Gasteiger partial charge is 0.323 e. The van der Waals surface area contributed by atoms with E-state index in [0.29, 0.717) is 34.3 Å².